The number of ether oxygens (including phenoxy) is 1. The predicted octanol–water partition coefficient (Wildman–Crippen LogP) is 3.26. The Morgan fingerprint density at radius 2 is 2.05 bits per heavy atom. The largest absolute Gasteiger partial charge is 0.496 e. The smallest absolute Gasteiger partial charge is 0.125 e. The SMILES string of the molecule is COc1c(CC2CCCCN2)ccc2c1CCCC2. The third kappa shape index (κ3) is 2.79. The average Bonchev–Trinajstić information content (AvgIpc) is 2.48. The highest BCUT2D eigenvalue weighted by Gasteiger charge is 2.20. The molecule has 2 aliphatic rings. The zero-order valence-corrected chi connectivity index (χ0v) is 12.0. The van der Waals surface area contributed by atoms with Gasteiger partial charge >= 0.3 is 0 Å². The van der Waals surface area contributed by atoms with Crippen molar-refractivity contribution in [1.29, 1.82) is 0 Å². The van der Waals surface area contributed by atoms with E-state index in [1.807, 2.05) is 7.11 Å². The van der Waals surface area contributed by atoms with Crippen LogP contribution in [0.25, 0.3) is 0 Å². The quantitative estimate of drug-likeness (QED) is 0.899. The minimum Gasteiger partial charge on any atom is -0.496 e. The van der Waals surface area contributed by atoms with E-state index in [0.717, 1.165) is 6.42 Å². The number of rotatable bonds is 3. The second-order valence-electron chi connectivity index (χ2n) is 5.95. The molecule has 0 amide bonds. The summed E-state index contributed by atoms with van der Waals surface area (Å²) < 4.78 is 5.76. The van der Waals surface area contributed by atoms with Crippen molar-refractivity contribution >= 4 is 0 Å². The summed E-state index contributed by atoms with van der Waals surface area (Å²) in [6.07, 6.45) is 10.2. The molecule has 1 N–H and O–H groups in total. The Morgan fingerprint density at radius 3 is 2.84 bits per heavy atom. The molecule has 0 bridgehead atoms. The molecular weight excluding hydrogens is 234 g/mol. The maximum atomic E-state index is 5.76. The van der Waals surface area contributed by atoms with E-state index in [9.17, 15) is 0 Å². The van der Waals surface area contributed by atoms with Gasteiger partial charge in [-0.05, 0) is 68.2 Å². The summed E-state index contributed by atoms with van der Waals surface area (Å²) >= 11 is 0. The summed E-state index contributed by atoms with van der Waals surface area (Å²) in [4.78, 5) is 0. The summed E-state index contributed by atoms with van der Waals surface area (Å²) in [5, 5.41) is 3.64. The molecule has 0 spiro atoms. The van der Waals surface area contributed by atoms with Crippen molar-refractivity contribution in [2.24, 2.45) is 0 Å². The van der Waals surface area contributed by atoms with Gasteiger partial charge in [-0.15, -0.1) is 0 Å². The zero-order chi connectivity index (χ0) is 13.1. The summed E-state index contributed by atoms with van der Waals surface area (Å²) in [6.45, 7) is 1.18. The molecular formula is C17H25NO. The molecule has 1 fully saturated rings. The van der Waals surface area contributed by atoms with Crippen LogP contribution in [0.4, 0.5) is 0 Å². The van der Waals surface area contributed by atoms with Crippen LogP contribution in [-0.4, -0.2) is 19.7 Å². The van der Waals surface area contributed by atoms with Crippen LogP contribution in [0.15, 0.2) is 12.1 Å². The fraction of sp³-hybridized carbons (Fsp3) is 0.647. The normalized spacial score (nSPS) is 22.9. The first kappa shape index (κ1) is 13.0. The first-order valence-corrected chi connectivity index (χ1v) is 7.79. The van der Waals surface area contributed by atoms with Gasteiger partial charge in [-0.2, -0.15) is 0 Å². The Balaban J connectivity index is 1.83. The van der Waals surface area contributed by atoms with Crippen molar-refractivity contribution in [2.45, 2.75) is 57.4 Å². The number of methoxy groups -OCH3 is 1. The Bertz CT molecular complexity index is 435. The molecule has 0 aromatic heterocycles. The number of aryl methyl sites for hydroxylation is 1. The number of nitrogens with one attached hydrogen (secondary N) is 1. The molecule has 104 valence electrons. The van der Waals surface area contributed by atoms with Crippen LogP contribution in [0.5, 0.6) is 5.75 Å². The van der Waals surface area contributed by atoms with Gasteiger partial charge in [0, 0.05) is 6.04 Å². The minimum absolute atomic E-state index is 0.643. The standard InChI is InChI=1S/C17H25NO/c1-19-17-14(12-15-7-4-5-11-18-15)10-9-13-6-2-3-8-16(13)17/h9-10,15,18H,2-8,11-12H2,1H3. The molecule has 1 atom stereocenters. The molecule has 1 aliphatic heterocycles. The van der Waals surface area contributed by atoms with E-state index < -0.39 is 0 Å². The van der Waals surface area contributed by atoms with Gasteiger partial charge in [-0.3, -0.25) is 0 Å². The van der Waals surface area contributed by atoms with Crippen molar-refractivity contribution < 1.29 is 4.74 Å². The zero-order valence-electron chi connectivity index (χ0n) is 12.0. The van der Waals surface area contributed by atoms with Gasteiger partial charge in [0.1, 0.15) is 5.75 Å². The molecule has 1 aromatic carbocycles. The Hall–Kier alpha value is -1.02. The molecule has 1 aliphatic carbocycles. The van der Waals surface area contributed by atoms with Crippen molar-refractivity contribution in [2.75, 3.05) is 13.7 Å². The maximum Gasteiger partial charge on any atom is 0.125 e. The monoisotopic (exact) mass is 259 g/mol. The maximum absolute atomic E-state index is 5.76. The number of piperidine rings is 1. The number of hydrogen-bond acceptors (Lipinski definition) is 2. The van der Waals surface area contributed by atoms with Gasteiger partial charge in [0.15, 0.2) is 0 Å². The lowest BCUT2D eigenvalue weighted by atomic mass is 9.87. The molecule has 0 radical (unpaired) electrons. The van der Waals surface area contributed by atoms with Gasteiger partial charge in [0.05, 0.1) is 7.11 Å². The number of hydrogen-bond donors (Lipinski definition) is 1. The van der Waals surface area contributed by atoms with Crippen LogP contribution in [0, 0.1) is 0 Å². The number of fused-ring (bicyclic) bond motifs is 1. The van der Waals surface area contributed by atoms with Crippen LogP contribution in [0.3, 0.4) is 0 Å². The summed E-state index contributed by atoms with van der Waals surface area (Å²) in [5.74, 6) is 1.18. The second kappa shape index (κ2) is 5.96. The highest BCUT2D eigenvalue weighted by molar-refractivity contribution is 5.48. The molecule has 1 aromatic rings. The Labute approximate surface area is 116 Å². The first-order valence-electron chi connectivity index (χ1n) is 7.79. The lowest BCUT2D eigenvalue weighted by Crippen LogP contribution is -2.35. The molecule has 3 rings (SSSR count). The van der Waals surface area contributed by atoms with E-state index in [2.05, 4.69) is 17.4 Å². The van der Waals surface area contributed by atoms with Crippen molar-refractivity contribution in [3.8, 4) is 5.75 Å². The molecule has 19 heavy (non-hydrogen) atoms. The molecule has 0 saturated carbocycles. The molecule has 1 unspecified atom stereocenters. The van der Waals surface area contributed by atoms with Crippen LogP contribution >= 0.6 is 0 Å². The van der Waals surface area contributed by atoms with Crippen LogP contribution < -0.4 is 10.1 Å². The Kier molecular flexibility index (Phi) is 4.07. The highest BCUT2D eigenvalue weighted by Crippen LogP contribution is 2.33. The van der Waals surface area contributed by atoms with Crippen LogP contribution in [-0.2, 0) is 19.3 Å². The Morgan fingerprint density at radius 1 is 1.16 bits per heavy atom. The van der Waals surface area contributed by atoms with Gasteiger partial charge < -0.3 is 10.1 Å². The van der Waals surface area contributed by atoms with E-state index in [0.29, 0.717) is 6.04 Å². The van der Waals surface area contributed by atoms with Crippen molar-refractivity contribution in [3.05, 3.63) is 28.8 Å². The van der Waals surface area contributed by atoms with Crippen molar-refractivity contribution in [1.82, 2.24) is 5.32 Å². The minimum atomic E-state index is 0.643. The highest BCUT2D eigenvalue weighted by atomic mass is 16.5. The summed E-state index contributed by atoms with van der Waals surface area (Å²) in [7, 11) is 1.84. The van der Waals surface area contributed by atoms with Crippen LogP contribution in [0.1, 0.15) is 48.8 Å². The molecule has 1 saturated heterocycles. The first-order chi connectivity index (χ1) is 9.38. The van der Waals surface area contributed by atoms with E-state index in [4.69, 9.17) is 4.74 Å². The molecule has 2 nitrogen and oxygen atoms in total. The summed E-state index contributed by atoms with van der Waals surface area (Å²) in [6, 6.07) is 5.29. The molecule has 1 heterocycles. The van der Waals surface area contributed by atoms with Gasteiger partial charge in [0.25, 0.3) is 0 Å². The van der Waals surface area contributed by atoms with Crippen molar-refractivity contribution in [3.63, 3.8) is 0 Å². The lowest BCUT2D eigenvalue weighted by molar-refractivity contribution is 0.377. The van der Waals surface area contributed by atoms with Crippen LogP contribution in [0.2, 0.25) is 0 Å². The third-order valence-corrected chi connectivity index (χ3v) is 4.64. The fourth-order valence-electron chi connectivity index (χ4n) is 3.62. The van der Waals surface area contributed by atoms with Gasteiger partial charge in [0.2, 0.25) is 0 Å². The van der Waals surface area contributed by atoms with Gasteiger partial charge in [-0.25, -0.2) is 0 Å². The number of benzene rings is 1. The average molecular weight is 259 g/mol. The molecule has 2 heteroatoms. The van der Waals surface area contributed by atoms with E-state index in [1.54, 1.807) is 0 Å². The van der Waals surface area contributed by atoms with E-state index >= 15 is 0 Å². The fourth-order valence-corrected chi connectivity index (χ4v) is 3.62. The van der Waals surface area contributed by atoms with E-state index in [-0.39, 0.29) is 0 Å². The lowest BCUT2D eigenvalue weighted by Gasteiger charge is -2.26. The van der Waals surface area contributed by atoms with Gasteiger partial charge in [-0.1, -0.05) is 18.6 Å². The topological polar surface area (TPSA) is 21.3 Å². The summed E-state index contributed by atoms with van der Waals surface area (Å²) in [5.41, 5.74) is 4.41. The van der Waals surface area contributed by atoms with E-state index in [1.165, 1.54) is 73.9 Å². The predicted molar refractivity (Wildman–Crippen MR) is 79.0 cm³/mol. The second-order valence-corrected chi connectivity index (χ2v) is 5.95. The third-order valence-electron chi connectivity index (χ3n) is 4.64.